The summed E-state index contributed by atoms with van der Waals surface area (Å²) in [6.07, 6.45) is 4.26. The molecule has 1 aliphatic carbocycles. The highest BCUT2D eigenvalue weighted by Gasteiger charge is 2.57. The first kappa shape index (κ1) is 22.6. The summed E-state index contributed by atoms with van der Waals surface area (Å²) in [5, 5.41) is 19.1. The number of amides is 3. The van der Waals surface area contributed by atoms with Gasteiger partial charge in [0.05, 0.1) is 23.3 Å². The number of hydrogen-bond acceptors (Lipinski definition) is 5. The Hall–Kier alpha value is -3.14. The number of imidazole rings is 1. The second-order valence-electron chi connectivity index (χ2n) is 10.0. The molecule has 10 heteroatoms. The molecule has 2 atom stereocenters. The zero-order valence-electron chi connectivity index (χ0n) is 19.3. The van der Waals surface area contributed by atoms with Gasteiger partial charge < -0.3 is 14.6 Å². The van der Waals surface area contributed by atoms with Gasteiger partial charge in [0, 0.05) is 26.2 Å². The van der Waals surface area contributed by atoms with Crippen LogP contribution in [0.5, 0.6) is 0 Å². The Morgan fingerprint density at radius 1 is 1.21 bits per heavy atom. The van der Waals surface area contributed by atoms with Crippen LogP contribution in [0.15, 0.2) is 24.5 Å². The van der Waals surface area contributed by atoms with E-state index < -0.39 is 24.0 Å². The van der Waals surface area contributed by atoms with E-state index in [0.717, 1.165) is 48.2 Å². The molecule has 3 fully saturated rings. The van der Waals surface area contributed by atoms with Crippen molar-refractivity contribution >= 4 is 28.9 Å². The number of nitrogens with zero attached hydrogens (tertiary/aromatic N) is 4. The van der Waals surface area contributed by atoms with Crippen molar-refractivity contribution in [2.75, 3.05) is 19.6 Å². The molecule has 1 spiro atoms. The summed E-state index contributed by atoms with van der Waals surface area (Å²) in [5.41, 5.74) is 4.70. The average molecular weight is 470 g/mol. The predicted molar refractivity (Wildman–Crippen MR) is 122 cm³/mol. The second kappa shape index (κ2) is 8.57. The van der Waals surface area contributed by atoms with Crippen molar-refractivity contribution < 1.29 is 24.7 Å². The second-order valence-corrected chi connectivity index (χ2v) is 10.0. The number of piperidine rings is 2. The molecule has 2 unspecified atom stereocenters. The molecule has 10 nitrogen and oxygen atoms in total. The Kier molecular flexibility index (Phi) is 5.71. The number of aromatic nitrogens is 2. The van der Waals surface area contributed by atoms with Gasteiger partial charge in [0.15, 0.2) is 0 Å². The molecule has 5 rings (SSSR count). The minimum atomic E-state index is -1.20. The highest BCUT2D eigenvalue weighted by molar-refractivity contribution is 5.92. The topological polar surface area (TPSA) is 128 Å². The molecule has 3 amide bonds. The third-order valence-electron chi connectivity index (χ3n) is 8.04. The number of carbonyl (C=O) groups is 3. The summed E-state index contributed by atoms with van der Waals surface area (Å²) >= 11 is 0. The predicted octanol–water partition coefficient (Wildman–Crippen LogP) is 2.42. The monoisotopic (exact) mass is 469 g/mol. The molecule has 2 aliphatic heterocycles. The van der Waals surface area contributed by atoms with Crippen LogP contribution in [0.1, 0.15) is 50.5 Å². The number of aryl methyl sites for hydroxylation is 1. The van der Waals surface area contributed by atoms with E-state index in [1.54, 1.807) is 10.4 Å². The smallest absolute Gasteiger partial charge is 0.408 e. The minimum absolute atomic E-state index is 0.247. The maximum Gasteiger partial charge on any atom is 0.408 e. The molecular formula is C24H31N5O5. The summed E-state index contributed by atoms with van der Waals surface area (Å²) in [6, 6.07) is 5.20. The number of hydrogen-bond donors (Lipinski definition) is 3. The standard InChI is InChI=1S/C24H31N5O5/c1-2-27-14-25-18-4-3-16(11-19(18)27)15-5-9-28(10-6-15)22(31)20-17(21(30)26-34)12-24(7-8-24)13-29(20)23(32)33/h3-4,11,14-15,17,20,34H,2,5-10,12-13H2,1H3,(H,26,30)(H,32,33). The first-order valence-electron chi connectivity index (χ1n) is 12.0. The van der Waals surface area contributed by atoms with E-state index in [1.807, 2.05) is 12.4 Å². The summed E-state index contributed by atoms with van der Waals surface area (Å²) in [4.78, 5) is 45.3. The molecule has 0 radical (unpaired) electrons. The van der Waals surface area contributed by atoms with Gasteiger partial charge in [0.1, 0.15) is 6.04 Å². The fraction of sp³-hybridized carbons (Fsp3) is 0.583. The van der Waals surface area contributed by atoms with Crippen LogP contribution >= 0.6 is 0 Å². The van der Waals surface area contributed by atoms with Gasteiger partial charge in [-0.25, -0.2) is 15.3 Å². The summed E-state index contributed by atoms with van der Waals surface area (Å²) in [6.45, 7) is 4.18. The van der Waals surface area contributed by atoms with E-state index in [4.69, 9.17) is 0 Å². The molecule has 1 saturated carbocycles. The average Bonchev–Trinajstić information content (AvgIpc) is 3.47. The molecule has 2 saturated heterocycles. The Morgan fingerprint density at radius 2 is 1.94 bits per heavy atom. The molecule has 182 valence electrons. The lowest BCUT2D eigenvalue weighted by Crippen LogP contribution is -2.62. The summed E-state index contributed by atoms with van der Waals surface area (Å²) in [7, 11) is 0. The van der Waals surface area contributed by atoms with E-state index in [9.17, 15) is 24.7 Å². The Morgan fingerprint density at radius 3 is 2.56 bits per heavy atom. The van der Waals surface area contributed by atoms with E-state index in [2.05, 4.69) is 28.6 Å². The zero-order chi connectivity index (χ0) is 24.0. The van der Waals surface area contributed by atoms with Gasteiger partial charge in [-0.1, -0.05) is 6.07 Å². The van der Waals surface area contributed by atoms with Crippen molar-refractivity contribution in [2.45, 2.75) is 57.5 Å². The number of hydroxylamine groups is 1. The largest absolute Gasteiger partial charge is 0.465 e. The van der Waals surface area contributed by atoms with Gasteiger partial charge in [-0.15, -0.1) is 0 Å². The lowest BCUT2D eigenvalue weighted by atomic mass is 9.79. The molecule has 3 aliphatic rings. The third-order valence-corrected chi connectivity index (χ3v) is 8.04. The SMILES string of the molecule is CCn1cnc2ccc(C3CCN(C(=O)C4C(C(=O)NO)CC5(CC5)CN4C(=O)O)CC3)cc21. The van der Waals surface area contributed by atoms with Crippen LogP contribution in [0.25, 0.3) is 11.0 Å². The number of rotatable bonds is 4. The quantitative estimate of drug-likeness (QED) is 0.466. The molecule has 34 heavy (non-hydrogen) atoms. The van der Waals surface area contributed by atoms with Crippen LogP contribution in [0, 0.1) is 11.3 Å². The maximum atomic E-state index is 13.5. The van der Waals surface area contributed by atoms with E-state index in [1.165, 1.54) is 5.56 Å². The molecule has 1 aromatic carbocycles. The van der Waals surface area contributed by atoms with Crippen LogP contribution in [-0.2, 0) is 16.1 Å². The maximum absolute atomic E-state index is 13.5. The van der Waals surface area contributed by atoms with Crippen LogP contribution in [0.2, 0.25) is 0 Å². The lowest BCUT2D eigenvalue weighted by molar-refractivity contribution is -0.150. The van der Waals surface area contributed by atoms with E-state index in [0.29, 0.717) is 25.4 Å². The molecule has 3 heterocycles. The summed E-state index contributed by atoms with van der Waals surface area (Å²) in [5.74, 6) is -1.63. The van der Waals surface area contributed by atoms with E-state index in [-0.39, 0.29) is 17.9 Å². The number of carboxylic acid groups (broad SMARTS) is 1. The highest BCUT2D eigenvalue weighted by atomic mass is 16.5. The zero-order valence-corrected chi connectivity index (χ0v) is 19.3. The Balaban J connectivity index is 1.32. The van der Waals surface area contributed by atoms with Crippen LogP contribution < -0.4 is 5.48 Å². The first-order valence-corrected chi connectivity index (χ1v) is 12.0. The minimum Gasteiger partial charge on any atom is -0.465 e. The first-order chi connectivity index (χ1) is 16.4. The van der Waals surface area contributed by atoms with Crippen molar-refractivity contribution in [1.82, 2.24) is 24.8 Å². The van der Waals surface area contributed by atoms with Crippen LogP contribution in [0.4, 0.5) is 4.79 Å². The highest BCUT2D eigenvalue weighted by Crippen LogP contribution is 2.55. The van der Waals surface area contributed by atoms with Crippen molar-refractivity contribution in [1.29, 1.82) is 0 Å². The summed E-state index contributed by atoms with van der Waals surface area (Å²) < 4.78 is 2.11. The number of nitrogens with one attached hydrogen (secondary N) is 1. The van der Waals surface area contributed by atoms with Gasteiger partial charge in [-0.3, -0.25) is 19.7 Å². The van der Waals surface area contributed by atoms with Crippen molar-refractivity contribution in [3.63, 3.8) is 0 Å². The third kappa shape index (κ3) is 3.89. The molecular weight excluding hydrogens is 438 g/mol. The molecule has 1 aromatic heterocycles. The number of likely N-dealkylation sites (tertiary alicyclic amines) is 2. The van der Waals surface area contributed by atoms with Crippen LogP contribution in [0.3, 0.4) is 0 Å². The number of fused-ring (bicyclic) bond motifs is 1. The van der Waals surface area contributed by atoms with Gasteiger partial charge >= 0.3 is 6.09 Å². The van der Waals surface area contributed by atoms with Crippen LogP contribution in [-0.4, -0.2) is 73.2 Å². The molecule has 3 N–H and O–H groups in total. The number of benzene rings is 1. The van der Waals surface area contributed by atoms with Gasteiger partial charge in [-0.2, -0.15) is 0 Å². The Labute approximate surface area is 197 Å². The fourth-order valence-electron chi connectivity index (χ4n) is 5.87. The fourth-order valence-corrected chi connectivity index (χ4v) is 5.87. The van der Waals surface area contributed by atoms with Gasteiger partial charge in [0.25, 0.3) is 0 Å². The lowest BCUT2D eigenvalue weighted by Gasteiger charge is -2.44. The van der Waals surface area contributed by atoms with Crippen molar-refractivity contribution in [3.05, 3.63) is 30.1 Å². The van der Waals surface area contributed by atoms with Gasteiger partial charge in [-0.05, 0) is 68.1 Å². The normalized spacial score (nSPS) is 24.4. The van der Waals surface area contributed by atoms with Crippen molar-refractivity contribution in [2.24, 2.45) is 11.3 Å². The van der Waals surface area contributed by atoms with Crippen molar-refractivity contribution in [3.8, 4) is 0 Å². The Bertz CT molecular complexity index is 1120. The molecule has 0 bridgehead atoms. The van der Waals surface area contributed by atoms with E-state index >= 15 is 0 Å². The molecule has 2 aromatic rings. The number of carbonyl (C=O) groups excluding carboxylic acids is 2. The van der Waals surface area contributed by atoms with Gasteiger partial charge in [0.2, 0.25) is 11.8 Å².